The minimum atomic E-state index is -0.755. The Kier molecular flexibility index (Phi) is 7.95. The van der Waals surface area contributed by atoms with Crippen LogP contribution in [-0.4, -0.2) is 23.5 Å². The Balaban J connectivity index is 2.00. The minimum Gasteiger partial charge on any atom is -0.481 e. The number of nitrogens with one attached hydrogen (secondary N) is 1. The van der Waals surface area contributed by atoms with Crippen molar-refractivity contribution in [1.29, 1.82) is 0 Å². The first kappa shape index (κ1) is 16.7. The highest BCUT2D eigenvalue weighted by Crippen LogP contribution is 2.12. The molecule has 0 aliphatic carbocycles. The third kappa shape index (κ3) is 7.94. The standard InChI is InChI=1S/C15H23NO3S/c1-12(7-8-15(18)19)9-10-16-14(17)6-2-4-13-5-3-11-20-13/h3,5,11-12H,2,4,6-10H2,1H3,(H,16,17)(H,18,19). The molecule has 0 saturated carbocycles. The molecule has 4 nitrogen and oxygen atoms in total. The molecule has 0 aromatic carbocycles. The number of hydrogen-bond donors (Lipinski definition) is 2. The maximum atomic E-state index is 11.6. The fourth-order valence-corrected chi connectivity index (χ4v) is 2.69. The van der Waals surface area contributed by atoms with E-state index in [0.717, 1.165) is 19.3 Å². The molecule has 0 aliphatic heterocycles. The number of hydrogen-bond acceptors (Lipinski definition) is 3. The zero-order chi connectivity index (χ0) is 14.8. The largest absolute Gasteiger partial charge is 0.481 e. The molecule has 1 rings (SSSR count). The van der Waals surface area contributed by atoms with Gasteiger partial charge in [-0.1, -0.05) is 13.0 Å². The first-order chi connectivity index (χ1) is 9.58. The summed E-state index contributed by atoms with van der Waals surface area (Å²) in [6.07, 6.45) is 4.10. The summed E-state index contributed by atoms with van der Waals surface area (Å²) in [6, 6.07) is 4.12. The first-order valence-corrected chi connectivity index (χ1v) is 7.96. The third-order valence-electron chi connectivity index (χ3n) is 3.22. The number of carbonyl (C=O) groups excluding carboxylic acids is 1. The maximum Gasteiger partial charge on any atom is 0.303 e. The van der Waals surface area contributed by atoms with Crippen molar-refractivity contribution in [3.05, 3.63) is 22.4 Å². The summed E-state index contributed by atoms with van der Waals surface area (Å²) in [4.78, 5) is 23.4. The van der Waals surface area contributed by atoms with Gasteiger partial charge in [-0.05, 0) is 43.0 Å². The summed E-state index contributed by atoms with van der Waals surface area (Å²) >= 11 is 1.72. The van der Waals surface area contributed by atoms with E-state index in [9.17, 15) is 9.59 Å². The van der Waals surface area contributed by atoms with Crippen LogP contribution < -0.4 is 5.32 Å². The molecule has 1 unspecified atom stereocenters. The number of aryl methyl sites for hydroxylation is 1. The number of amides is 1. The minimum absolute atomic E-state index is 0.0898. The van der Waals surface area contributed by atoms with Gasteiger partial charge in [-0.2, -0.15) is 0 Å². The molecule has 1 amide bonds. The zero-order valence-corrected chi connectivity index (χ0v) is 12.7. The van der Waals surface area contributed by atoms with Crippen LogP contribution in [0.25, 0.3) is 0 Å². The first-order valence-electron chi connectivity index (χ1n) is 7.09. The fourth-order valence-electron chi connectivity index (χ4n) is 1.94. The predicted octanol–water partition coefficient (Wildman–Crippen LogP) is 3.08. The summed E-state index contributed by atoms with van der Waals surface area (Å²) in [5.41, 5.74) is 0. The Morgan fingerprint density at radius 1 is 1.35 bits per heavy atom. The normalized spacial score (nSPS) is 12.1. The van der Waals surface area contributed by atoms with E-state index < -0.39 is 5.97 Å². The molecule has 0 saturated heterocycles. The average molecular weight is 297 g/mol. The molecule has 5 heteroatoms. The van der Waals surface area contributed by atoms with Crippen LogP contribution in [-0.2, 0) is 16.0 Å². The molecule has 0 spiro atoms. The van der Waals surface area contributed by atoms with Crippen LogP contribution in [0.5, 0.6) is 0 Å². The van der Waals surface area contributed by atoms with Gasteiger partial charge in [0.1, 0.15) is 0 Å². The van der Waals surface area contributed by atoms with E-state index in [1.807, 2.05) is 18.4 Å². The van der Waals surface area contributed by atoms with E-state index in [4.69, 9.17) is 5.11 Å². The second kappa shape index (κ2) is 9.53. The van der Waals surface area contributed by atoms with Crippen molar-refractivity contribution in [3.63, 3.8) is 0 Å². The molecule has 0 aliphatic rings. The zero-order valence-electron chi connectivity index (χ0n) is 11.9. The monoisotopic (exact) mass is 297 g/mol. The summed E-state index contributed by atoms with van der Waals surface area (Å²) in [6.45, 7) is 2.66. The highest BCUT2D eigenvalue weighted by molar-refractivity contribution is 7.09. The topological polar surface area (TPSA) is 66.4 Å². The van der Waals surface area contributed by atoms with E-state index in [0.29, 0.717) is 25.3 Å². The molecule has 20 heavy (non-hydrogen) atoms. The Labute approximate surface area is 124 Å². The lowest BCUT2D eigenvalue weighted by Crippen LogP contribution is -2.25. The highest BCUT2D eigenvalue weighted by atomic mass is 32.1. The van der Waals surface area contributed by atoms with Crippen LogP contribution in [0.3, 0.4) is 0 Å². The fraction of sp³-hybridized carbons (Fsp3) is 0.600. The van der Waals surface area contributed by atoms with Crippen LogP contribution >= 0.6 is 11.3 Å². The Morgan fingerprint density at radius 2 is 2.15 bits per heavy atom. The van der Waals surface area contributed by atoms with Crippen molar-refractivity contribution in [3.8, 4) is 0 Å². The van der Waals surface area contributed by atoms with E-state index in [2.05, 4.69) is 11.4 Å². The Bertz CT molecular complexity index is 403. The van der Waals surface area contributed by atoms with Crippen LogP contribution in [0.1, 0.15) is 43.9 Å². The van der Waals surface area contributed by atoms with Gasteiger partial charge in [-0.25, -0.2) is 0 Å². The van der Waals surface area contributed by atoms with Gasteiger partial charge in [-0.3, -0.25) is 9.59 Å². The van der Waals surface area contributed by atoms with Gasteiger partial charge in [-0.15, -0.1) is 11.3 Å². The second-order valence-corrected chi connectivity index (χ2v) is 6.14. The van der Waals surface area contributed by atoms with Gasteiger partial charge in [0.15, 0.2) is 0 Å². The third-order valence-corrected chi connectivity index (χ3v) is 4.15. The highest BCUT2D eigenvalue weighted by Gasteiger charge is 2.07. The van der Waals surface area contributed by atoms with E-state index in [-0.39, 0.29) is 12.3 Å². The summed E-state index contributed by atoms with van der Waals surface area (Å²) in [7, 11) is 0. The molecule has 0 fully saturated rings. The van der Waals surface area contributed by atoms with Crippen molar-refractivity contribution in [2.24, 2.45) is 5.92 Å². The van der Waals surface area contributed by atoms with E-state index in [1.165, 1.54) is 4.88 Å². The number of carbonyl (C=O) groups is 2. The van der Waals surface area contributed by atoms with Crippen molar-refractivity contribution in [2.75, 3.05) is 6.54 Å². The summed E-state index contributed by atoms with van der Waals surface area (Å²) < 4.78 is 0. The lowest BCUT2D eigenvalue weighted by molar-refractivity contribution is -0.137. The lowest BCUT2D eigenvalue weighted by atomic mass is 10.0. The van der Waals surface area contributed by atoms with Crippen molar-refractivity contribution in [1.82, 2.24) is 5.32 Å². The SMILES string of the molecule is CC(CCNC(=O)CCCc1cccs1)CCC(=O)O. The van der Waals surface area contributed by atoms with Crippen LogP contribution in [0.15, 0.2) is 17.5 Å². The molecule has 0 bridgehead atoms. The quantitative estimate of drug-likeness (QED) is 0.697. The Hall–Kier alpha value is -1.36. The van der Waals surface area contributed by atoms with E-state index in [1.54, 1.807) is 11.3 Å². The maximum absolute atomic E-state index is 11.6. The van der Waals surface area contributed by atoms with Crippen molar-refractivity contribution < 1.29 is 14.7 Å². The molecule has 2 N–H and O–H groups in total. The van der Waals surface area contributed by atoms with Gasteiger partial charge in [0.25, 0.3) is 0 Å². The van der Waals surface area contributed by atoms with Crippen LogP contribution in [0.2, 0.25) is 0 Å². The lowest BCUT2D eigenvalue weighted by Gasteiger charge is -2.10. The number of aliphatic carboxylic acids is 1. The van der Waals surface area contributed by atoms with Crippen LogP contribution in [0, 0.1) is 5.92 Å². The van der Waals surface area contributed by atoms with Gasteiger partial charge in [0.05, 0.1) is 0 Å². The predicted molar refractivity (Wildman–Crippen MR) is 80.9 cm³/mol. The van der Waals surface area contributed by atoms with Gasteiger partial charge in [0.2, 0.25) is 5.91 Å². The van der Waals surface area contributed by atoms with Crippen molar-refractivity contribution in [2.45, 2.75) is 45.4 Å². The second-order valence-electron chi connectivity index (χ2n) is 5.11. The number of thiophene rings is 1. The molecule has 0 radical (unpaired) electrons. The molecule has 1 atom stereocenters. The summed E-state index contributed by atoms with van der Waals surface area (Å²) in [5.74, 6) is -0.334. The molecule has 1 aromatic rings. The number of carboxylic acid groups (broad SMARTS) is 1. The van der Waals surface area contributed by atoms with Gasteiger partial charge >= 0.3 is 5.97 Å². The molecule has 1 heterocycles. The Morgan fingerprint density at radius 3 is 2.80 bits per heavy atom. The molecule has 112 valence electrons. The summed E-state index contributed by atoms with van der Waals surface area (Å²) in [5, 5.41) is 13.5. The van der Waals surface area contributed by atoms with Gasteiger partial charge < -0.3 is 10.4 Å². The van der Waals surface area contributed by atoms with Crippen LogP contribution in [0.4, 0.5) is 0 Å². The smallest absolute Gasteiger partial charge is 0.303 e. The van der Waals surface area contributed by atoms with Crippen molar-refractivity contribution >= 4 is 23.2 Å². The number of carboxylic acids is 1. The molecular formula is C15H23NO3S. The molecule has 1 aromatic heterocycles. The van der Waals surface area contributed by atoms with Gasteiger partial charge in [0, 0.05) is 24.3 Å². The number of rotatable bonds is 10. The molecular weight excluding hydrogens is 274 g/mol. The average Bonchev–Trinajstić information content (AvgIpc) is 2.89. The van der Waals surface area contributed by atoms with E-state index >= 15 is 0 Å².